The molecule has 0 amide bonds. The van der Waals surface area contributed by atoms with Gasteiger partial charge >= 0.3 is 0 Å². The molecule has 198 valence electrons. The molecular weight excluding hydrogens is 518 g/mol. The van der Waals surface area contributed by atoms with Crippen molar-refractivity contribution in [2.45, 2.75) is 6.92 Å². The van der Waals surface area contributed by atoms with Crippen LogP contribution in [-0.2, 0) is 0 Å². The zero-order chi connectivity index (χ0) is 28.7. The quantitative estimate of drug-likeness (QED) is 0.199. The van der Waals surface area contributed by atoms with Crippen LogP contribution in [0.1, 0.15) is 11.1 Å². The summed E-state index contributed by atoms with van der Waals surface area (Å²) in [7, 11) is 0. The van der Waals surface area contributed by atoms with Gasteiger partial charge in [0.25, 0.3) is 0 Å². The van der Waals surface area contributed by atoms with Crippen LogP contribution in [0.2, 0.25) is 0 Å². The number of benzene rings is 8. The van der Waals surface area contributed by atoms with Gasteiger partial charge in [-0.2, -0.15) is 5.26 Å². The second-order valence-electron chi connectivity index (χ2n) is 11.6. The molecule has 0 radical (unpaired) electrons. The zero-order valence-electron chi connectivity index (χ0n) is 23.6. The van der Waals surface area contributed by atoms with Gasteiger partial charge in [0.1, 0.15) is 0 Å². The Hall–Kier alpha value is -5.71. The first-order valence-electron chi connectivity index (χ1n) is 14.8. The standard InChI is InChI=1S/C42H25N/c1-25-21-34-35(23-30(25)24-43)39(28-14-6-3-7-15-28)42-36-22-29-20-19-26-11-8-9-16-31(26)37(29)32-17-10-18-33(40(32)36)41(42)38(34)27-12-4-2-5-13-27/h2-23H,1H3. The van der Waals surface area contributed by atoms with E-state index in [1.165, 1.54) is 76.6 Å². The zero-order valence-corrected chi connectivity index (χ0v) is 23.6. The summed E-state index contributed by atoms with van der Waals surface area (Å²) in [6.07, 6.45) is 0. The maximum atomic E-state index is 10.1. The predicted octanol–water partition coefficient (Wildman–Crippen LogP) is 11.5. The van der Waals surface area contributed by atoms with Crippen LogP contribution in [0.15, 0.2) is 133 Å². The Bertz CT molecular complexity index is 2500. The van der Waals surface area contributed by atoms with E-state index in [2.05, 4.69) is 146 Å². The van der Waals surface area contributed by atoms with Crippen molar-refractivity contribution in [3.8, 4) is 50.6 Å². The van der Waals surface area contributed by atoms with Crippen LogP contribution in [0.25, 0.3) is 87.6 Å². The summed E-state index contributed by atoms with van der Waals surface area (Å²) in [6, 6.07) is 50.8. The third kappa shape index (κ3) is 3.27. The fraction of sp³-hybridized carbons (Fsp3) is 0.0238. The average Bonchev–Trinajstić information content (AvgIpc) is 3.38. The Morgan fingerprint density at radius 1 is 0.442 bits per heavy atom. The van der Waals surface area contributed by atoms with Gasteiger partial charge in [0.15, 0.2) is 0 Å². The Morgan fingerprint density at radius 2 is 1.05 bits per heavy atom. The molecule has 0 atom stereocenters. The summed E-state index contributed by atoms with van der Waals surface area (Å²) in [5, 5.41) is 20.1. The molecule has 43 heavy (non-hydrogen) atoms. The maximum absolute atomic E-state index is 10.1. The van der Waals surface area contributed by atoms with Gasteiger partial charge in [0, 0.05) is 0 Å². The van der Waals surface area contributed by atoms with Gasteiger partial charge < -0.3 is 0 Å². The van der Waals surface area contributed by atoms with Crippen molar-refractivity contribution in [3.05, 3.63) is 145 Å². The van der Waals surface area contributed by atoms with E-state index in [4.69, 9.17) is 0 Å². The Balaban J connectivity index is 1.57. The molecule has 1 aliphatic rings. The smallest absolute Gasteiger partial charge is 0.0994 e. The largest absolute Gasteiger partial charge is 0.192 e. The summed E-state index contributed by atoms with van der Waals surface area (Å²) in [4.78, 5) is 0. The molecule has 0 saturated carbocycles. The molecule has 0 saturated heterocycles. The van der Waals surface area contributed by atoms with Gasteiger partial charge in [0.05, 0.1) is 11.6 Å². The minimum Gasteiger partial charge on any atom is -0.192 e. The van der Waals surface area contributed by atoms with Crippen LogP contribution in [0.5, 0.6) is 0 Å². The van der Waals surface area contributed by atoms with Gasteiger partial charge in [0.2, 0.25) is 0 Å². The van der Waals surface area contributed by atoms with E-state index in [1.807, 2.05) is 0 Å². The van der Waals surface area contributed by atoms with Crippen LogP contribution in [0.4, 0.5) is 0 Å². The highest BCUT2D eigenvalue weighted by molar-refractivity contribution is 6.33. The van der Waals surface area contributed by atoms with Crippen LogP contribution in [0.3, 0.4) is 0 Å². The Kier molecular flexibility index (Phi) is 4.95. The van der Waals surface area contributed by atoms with E-state index >= 15 is 0 Å². The fourth-order valence-electron chi connectivity index (χ4n) is 7.50. The Morgan fingerprint density at radius 3 is 1.77 bits per heavy atom. The minimum atomic E-state index is 0.717. The van der Waals surface area contributed by atoms with Gasteiger partial charge in [-0.3, -0.25) is 0 Å². The molecule has 0 N–H and O–H groups in total. The van der Waals surface area contributed by atoms with E-state index in [0.29, 0.717) is 5.56 Å². The van der Waals surface area contributed by atoms with Crippen LogP contribution >= 0.6 is 0 Å². The van der Waals surface area contributed by atoms with E-state index < -0.39 is 0 Å². The lowest BCUT2D eigenvalue weighted by Gasteiger charge is -2.21. The summed E-state index contributed by atoms with van der Waals surface area (Å²) in [5.41, 5.74) is 11.6. The number of hydrogen-bond donors (Lipinski definition) is 0. The van der Waals surface area contributed by atoms with Crippen molar-refractivity contribution < 1.29 is 0 Å². The normalized spacial score (nSPS) is 11.8. The molecule has 0 heterocycles. The second-order valence-corrected chi connectivity index (χ2v) is 11.6. The van der Waals surface area contributed by atoms with Crippen molar-refractivity contribution in [2.75, 3.05) is 0 Å². The summed E-state index contributed by atoms with van der Waals surface area (Å²) >= 11 is 0. The highest BCUT2D eigenvalue weighted by Gasteiger charge is 2.31. The highest BCUT2D eigenvalue weighted by Crippen LogP contribution is 2.59. The minimum absolute atomic E-state index is 0.717. The van der Waals surface area contributed by atoms with Gasteiger partial charge in [-0.25, -0.2) is 0 Å². The van der Waals surface area contributed by atoms with E-state index in [1.54, 1.807) is 0 Å². The van der Waals surface area contributed by atoms with E-state index in [0.717, 1.165) is 16.5 Å². The van der Waals surface area contributed by atoms with Crippen LogP contribution in [-0.4, -0.2) is 0 Å². The van der Waals surface area contributed by atoms with Gasteiger partial charge in [-0.15, -0.1) is 0 Å². The molecule has 0 unspecified atom stereocenters. The number of nitrogens with zero attached hydrogens (tertiary/aromatic N) is 1. The lowest BCUT2D eigenvalue weighted by atomic mass is 9.81. The molecule has 1 aliphatic carbocycles. The van der Waals surface area contributed by atoms with Crippen molar-refractivity contribution in [2.24, 2.45) is 0 Å². The highest BCUT2D eigenvalue weighted by atomic mass is 14.3. The molecule has 1 heteroatoms. The topological polar surface area (TPSA) is 23.8 Å². The lowest BCUT2D eigenvalue weighted by molar-refractivity contribution is 1.41. The summed E-state index contributed by atoms with van der Waals surface area (Å²) < 4.78 is 0. The maximum Gasteiger partial charge on any atom is 0.0994 e. The summed E-state index contributed by atoms with van der Waals surface area (Å²) in [6.45, 7) is 2.05. The first kappa shape index (κ1) is 23.9. The third-order valence-corrected chi connectivity index (χ3v) is 9.30. The monoisotopic (exact) mass is 543 g/mol. The number of hydrogen-bond acceptors (Lipinski definition) is 1. The SMILES string of the molecule is Cc1cc2c(-c3ccccc3)c3c(c(-c4ccccc4)c2cc1C#N)-c1cc2ccc4ccccc4c2c2cccc-3c12. The van der Waals surface area contributed by atoms with Gasteiger partial charge in [-0.05, 0) is 118 Å². The molecule has 0 aromatic heterocycles. The fourth-order valence-corrected chi connectivity index (χ4v) is 7.50. The molecule has 0 bridgehead atoms. The molecule has 8 aromatic rings. The molecule has 0 fully saturated rings. The molecule has 9 rings (SSSR count). The predicted molar refractivity (Wildman–Crippen MR) is 181 cm³/mol. The Labute approximate surface area is 249 Å². The second kappa shape index (κ2) is 8.89. The lowest BCUT2D eigenvalue weighted by Crippen LogP contribution is -1.95. The van der Waals surface area contributed by atoms with Crippen LogP contribution < -0.4 is 0 Å². The first-order chi connectivity index (χ1) is 21.2. The molecule has 8 aromatic carbocycles. The van der Waals surface area contributed by atoms with Crippen molar-refractivity contribution in [3.63, 3.8) is 0 Å². The van der Waals surface area contributed by atoms with E-state index in [-0.39, 0.29) is 0 Å². The third-order valence-electron chi connectivity index (χ3n) is 9.30. The number of aryl methyl sites for hydroxylation is 1. The van der Waals surface area contributed by atoms with Crippen molar-refractivity contribution >= 4 is 43.1 Å². The van der Waals surface area contributed by atoms with Gasteiger partial charge in [-0.1, -0.05) is 115 Å². The molecular formula is C42H25N. The number of fused-ring (bicyclic) bond motifs is 8. The van der Waals surface area contributed by atoms with E-state index in [9.17, 15) is 5.26 Å². The molecule has 0 aliphatic heterocycles. The van der Waals surface area contributed by atoms with Crippen molar-refractivity contribution in [1.29, 1.82) is 5.26 Å². The number of rotatable bonds is 2. The molecule has 1 nitrogen and oxygen atoms in total. The number of nitriles is 1. The van der Waals surface area contributed by atoms with Crippen LogP contribution in [0, 0.1) is 18.3 Å². The first-order valence-corrected chi connectivity index (χ1v) is 14.8. The van der Waals surface area contributed by atoms with Crippen molar-refractivity contribution in [1.82, 2.24) is 0 Å². The molecule has 0 spiro atoms. The summed E-state index contributed by atoms with van der Waals surface area (Å²) in [5.74, 6) is 0. The average molecular weight is 544 g/mol.